The molecule has 27 heavy (non-hydrogen) atoms. The molecule has 1 rings (SSSR count). The van der Waals surface area contributed by atoms with Gasteiger partial charge in [0.1, 0.15) is 18.2 Å². The van der Waals surface area contributed by atoms with Crippen molar-refractivity contribution in [3.05, 3.63) is 35.9 Å². The summed E-state index contributed by atoms with van der Waals surface area (Å²) in [6.07, 6.45) is -1.82. The van der Waals surface area contributed by atoms with Crippen LogP contribution in [0.1, 0.15) is 48.5 Å². The summed E-state index contributed by atoms with van der Waals surface area (Å²) in [6.45, 7) is 10.2. The SMILES string of the molecule is CC(OC(=O)C(NC(=O)OC(C)(C)C)C(C)C)C(=O)OCc1ccccc1.[2HH]. The Hall–Kier alpha value is -2.57. The zero-order chi connectivity index (χ0) is 20.6. The predicted octanol–water partition coefficient (Wildman–Crippen LogP) is 3.46. The Morgan fingerprint density at radius 2 is 1.63 bits per heavy atom. The van der Waals surface area contributed by atoms with E-state index in [1.807, 2.05) is 30.3 Å². The molecule has 0 aromatic heterocycles. The number of esters is 2. The summed E-state index contributed by atoms with van der Waals surface area (Å²) in [5, 5.41) is 2.49. The Morgan fingerprint density at radius 1 is 1.04 bits per heavy atom. The standard InChI is InChI=1S/C20H29NO6.H2/c1-13(2)16(21-19(24)27-20(4,5)6)18(23)26-14(3)17(22)25-12-15-10-8-7-9-11-15;/h7-11,13-14,16H,12H2,1-6H3,(H,21,24);1H/i;1+1. The molecule has 0 aliphatic carbocycles. The Labute approximate surface area is 161 Å². The van der Waals surface area contributed by atoms with E-state index in [0.717, 1.165) is 5.56 Å². The molecule has 1 amide bonds. The van der Waals surface area contributed by atoms with Crippen molar-refractivity contribution < 1.29 is 30.0 Å². The second kappa shape index (κ2) is 9.94. The summed E-state index contributed by atoms with van der Waals surface area (Å²) in [5.74, 6) is -1.63. The largest absolute Gasteiger partial charge is 0.458 e. The van der Waals surface area contributed by atoms with E-state index >= 15 is 0 Å². The number of carbonyl (C=O) groups excluding carboxylic acids is 3. The van der Waals surface area contributed by atoms with E-state index in [1.165, 1.54) is 6.92 Å². The summed E-state index contributed by atoms with van der Waals surface area (Å²) in [7, 11) is 0. The zero-order valence-corrected chi connectivity index (χ0v) is 16.8. The van der Waals surface area contributed by atoms with Crippen LogP contribution in [-0.2, 0) is 30.4 Å². The third-order valence-corrected chi connectivity index (χ3v) is 3.44. The summed E-state index contributed by atoms with van der Waals surface area (Å²) >= 11 is 0. The van der Waals surface area contributed by atoms with E-state index in [4.69, 9.17) is 14.2 Å². The van der Waals surface area contributed by atoms with E-state index in [1.54, 1.807) is 34.6 Å². The number of benzene rings is 1. The number of rotatable bonds is 7. The Morgan fingerprint density at radius 3 is 2.15 bits per heavy atom. The first-order valence-corrected chi connectivity index (χ1v) is 8.90. The van der Waals surface area contributed by atoms with Crippen molar-refractivity contribution in [1.29, 1.82) is 0 Å². The molecule has 0 spiro atoms. The van der Waals surface area contributed by atoms with Crippen LogP contribution >= 0.6 is 0 Å². The van der Waals surface area contributed by atoms with Crippen molar-refractivity contribution in [3.8, 4) is 0 Å². The van der Waals surface area contributed by atoms with Crippen LogP contribution in [0.15, 0.2) is 30.3 Å². The number of carbonyl (C=O) groups is 3. The molecule has 0 saturated heterocycles. The molecule has 7 nitrogen and oxygen atoms in total. The van der Waals surface area contributed by atoms with E-state index in [-0.39, 0.29) is 14.0 Å². The van der Waals surface area contributed by atoms with Crippen LogP contribution in [0.3, 0.4) is 0 Å². The molecule has 2 unspecified atom stereocenters. The number of ether oxygens (including phenoxy) is 3. The van der Waals surface area contributed by atoms with E-state index < -0.39 is 35.8 Å². The van der Waals surface area contributed by atoms with Crippen LogP contribution in [0.4, 0.5) is 4.79 Å². The van der Waals surface area contributed by atoms with Gasteiger partial charge in [-0.05, 0) is 39.2 Å². The fourth-order valence-corrected chi connectivity index (χ4v) is 2.07. The van der Waals surface area contributed by atoms with Crippen LogP contribution < -0.4 is 5.32 Å². The smallest absolute Gasteiger partial charge is 0.408 e. The van der Waals surface area contributed by atoms with Crippen LogP contribution in [0.2, 0.25) is 0 Å². The third kappa shape index (κ3) is 8.57. The maximum Gasteiger partial charge on any atom is 0.408 e. The highest BCUT2D eigenvalue weighted by molar-refractivity contribution is 5.84. The lowest BCUT2D eigenvalue weighted by atomic mass is 10.1. The fourth-order valence-electron chi connectivity index (χ4n) is 2.07. The minimum absolute atomic E-state index is 0. The van der Waals surface area contributed by atoms with E-state index in [9.17, 15) is 14.4 Å². The van der Waals surface area contributed by atoms with Gasteiger partial charge in [-0.1, -0.05) is 44.2 Å². The van der Waals surface area contributed by atoms with Crippen molar-refractivity contribution >= 4 is 18.0 Å². The van der Waals surface area contributed by atoms with Crippen LogP contribution in [-0.4, -0.2) is 35.8 Å². The van der Waals surface area contributed by atoms with Gasteiger partial charge in [0.15, 0.2) is 6.10 Å². The molecule has 0 radical (unpaired) electrons. The Kier molecular flexibility index (Phi) is 8.28. The van der Waals surface area contributed by atoms with Gasteiger partial charge < -0.3 is 19.5 Å². The number of nitrogens with one attached hydrogen (secondary N) is 1. The molecular weight excluding hydrogens is 350 g/mol. The highest BCUT2D eigenvalue weighted by Gasteiger charge is 2.31. The quantitative estimate of drug-likeness (QED) is 0.574. The van der Waals surface area contributed by atoms with Gasteiger partial charge >= 0.3 is 18.0 Å². The maximum atomic E-state index is 12.4. The first-order valence-electron chi connectivity index (χ1n) is 8.90. The molecule has 0 fully saturated rings. The molecule has 0 aliphatic rings. The minimum atomic E-state index is -1.09. The first-order chi connectivity index (χ1) is 12.5. The maximum absolute atomic E-state index is 12.4. The molecule has 1 aromatic rings. The summed E-state index contributed by atoms with van der Waals surface area (Å²) < 4.78 is 15.5. The van der Waals surface area contributed by atoms with Gasteiger partial charge in [-0.3, -0.25) is 0 Å². The van der Waals surface area contributed by atoms with Crippen LogP contribution in [0.25, 0.3) is 0 Å². The lowest BCUT2D eigenvalue weighted by Crippen LogP contribution is -2.48. The Balaban J connectivity index is 0.00000729. The van der Waals surface area contributed by atoms with Crippen molar-refractivity contribution in [2.24, 2.45) is 5.92 Å². The molecule has 0 saturated carbocycles. The molecule has 1 aromatic carbocycles. The van der Waals surface area contributed by atoms with Gasteiger partial charge in [-0.25, -0.2) is 14.4 Å². The predicted molar refractivity (Wildman–Crippen MR) is 102 cm³/mol. The topological polar surface area (TPSA) is 90.9 Å². The zero-order valence-electron chi connectivity index (χ0n) is 16.8. The lowest BCUT2D eigenvalue weighted by molar-refractivity contribution is -0.169. The van der Waals surface area contributed by atoms with Crippen molar-refractivity contribution in [2.75, 3.05) is 0 Å². The van der Waals surface area contributed by atoms with Gasteiger partial charge in [0.05, 0.1) is 0 Å². The number of amides is 1. The average Bonchev–Trinajstić information content (AvgIpc) is 2.56. The number of alkyl carbamates (subject to hydrolysis) is 1. The second-order valence-corrected chi connectivity index (χ2v) is 7.54. The molecule has 7 heteroatoms. The highest BCUT2D eigenvalue weighted by Crippen LogP contribution is 2.11. The van der Waals surface area contributed by atoms with Crippen molar-refractivity contribution in [3.63, 3.8) is 0 Å². The Bertz CT molecular complexity index is 642. The second-order valence-electron chi connectivity index (χ2n) is 7.54. The minimum Gasteiger partial charge on any atom is -0.458 e. The molecule has 1 N–H and O–H groups in total. The fraction of sp³-hybridized carbons (Fsp3) is 0.550. The van der Waals surface area contributed by atoms with Gasteiger partial charge in [0.2, 0.25) is 0 Å². The van der Waals surface area contributed by atoms with Gasteiger partial charge in [0.25, 0.3) is 0 Å². The molecule has 152 valence electrons. The normalized spacial score (nSPS) is 13.4. The monoisotopic (exact) mass is 382 g/mol. The summed E-state index contributed by atoms with van der Waals surface area (Å²) in [5.41, 5.74) is 0.139. The third-order valence-electron chi connectivity index (χ3n) is 3.44. The van der Waals surface area contributed by atoms with Crippen LogP contribution in [0.5, 0.6) is 0 Å². The summed E-state index contributed by atoms with van der Waals surface area (Å²) in [4.78, 5) is 36.3. The molecule has 2 atom stereocenters. The number of hydrogen-bond donors (Lipinski definition) is 1. The van der Waals surface area contributed by atoms with Gasteiger partial charge in [-0.15, -0.1) is 0 Å². The first kappa shape index (κ1) is 22.5. The van der Waals surface area contributed by atoms with Gasteiger partial charge in [-0.2, -0.15) is 0 Å². The molecule has 0 bridgehead atoms. The lowest BCUT2D eigenvalue weighted by Gasteiger charge is -2.25. The van der Waals surface area contributed by atoms with Gasteiger partial charge in [0, 0.05) is 1.43 Å². The number of hydrogen-bond acceptors (Lipinski definition) is 6. The van der Waals surface area contributed by atoms with Crippen LogP contribution in [0, 0.1) is 5.92 Å². The average molecular weight is 382 g/mol. The molecule has 0 aliphatic heterocycles. The van der Waals surface area contributed by atoms with Crippen molar-refractivity contribution in [1.82, 2.24) is 5.32 Å². The molecule has 0 heterocycles. The molecular formula is C20H31NO6. The van der Waals surface area contributed by atoms with E-state index in [0.29, 0.717) is 0 Å². The van der Waals surface area contributed by atoms with Crippen molar-refractivity contribution in [2.45, 2.75) is 65.9 Å². The summed E-state index contributed by atoms with van der Waals surface area (Å²) in [6, 6.07) is 8.24. The highest BCUT2D eigenvalue weighted by atomic mass is 16.6. The van der Waals surface area contributed by atoms with E-state index in [2.05, 4.69) is 5.32 Å².